The molecule has 0 saturated carbocycles. The topological polar surface area (TPSA) is 26.7 Å². The summed E-state index contributed by atoms with van der Waals surface area (Å²) in [7, 11) is 0. The lowest BCUT2D eigenvalue weighted by molar-refractivity contribution is 0.475. The second-order valence-corrected chi connectivity index (χ2v) is 13.2. The molecule has 0 unspecified atom stereocenters. The molecule has 9 aromatic rings. The van der Waals surface area contributed by atoms with E-state index in [1.165, 1.54) is 21.5 Å². The van der Waals surface area contributed by atoms with E-state index in [1.54, 1.807) is 12.1 Å². The van der Waals surface area contributed by atoms with Crippen molar-refractivity contribution in [1.29, 1.82) is 0 Å². The summed E-state index contributed by atoms with van der Waals surface area (Å²) in [5.41, 5.74) is 11.1. The van der Waals surface area contributed by atoms with Gasteiger partial charge in [-0.3, -0.25) is 0 Å². The third-order valence-corrected chi connectivity index (χ3v) is 9.94. The van der Waals surface area contributed by atoms with Gasteiger partial charge in [-0.05, 0) is 106 Å². The van der Waals surface area contributed by atoms with Gasteiger partial charge in [0.1, 0.15) is 5.75 Å². The summed E-state index contributed by atoms with van der Waals surface area (Å²) in [6, 6.07) is 74.4. The zero-order chi connectivity index (χ0) is 35.6. The molecule has 0 radical (unpaired) electrons. The Labute approximate surface area is 309 Å². The van der Waals surface area contributed by atoms with Crippen LogP contribution in [0.3, 0.4) is 0 Å². The normalized spacial score (nSPS) is 11.1. The molecule has 3 heteroatoms. The summed E-state index contributed by atoms with van der Waals surface area (Å²) in [5.74, 6) is 0.266. The van der Waals surface area contributed by atoms with Crippen LogP contribution in [-0.4, -0.2) is 5.11 Å². The van der Waals surface area contributed by atoms with Gasteiger partial charge < -0.3 is 14.9 Å². The predicted molar refractivity (Wildman–Crippen MR) is 223 cm³/mol. The van der Waals surface area contributed by atoms with Crippen LogP contribution in [0.1, 0.15) is 0 Å². The van der Waals surface area contributed by atoms with E-state index in [9.17, 15) is 5.11 Å². The number of hydrogen-bond acceptors (Lipinski definition) is 3. The average Bonchev–Trinajstić information content (AvgIpc) is 3.23. The molecule has 3 nitrogen and oxygen atoms in total. The maximum Gasteiger partial charge on any atom is 0.115 e. The number of aromatic hydroxyl groups is 1. The van der Waals surface area contributed by atoms with Crippen molar-refractivity contribution in [2.24, 2.45) is 0 Å². The van der Waals surface area contributed by atoms with Crippen molar-refractivity contribution in [3.05, 3.63) is 212 Å². The number of para-hydroxylation sites is 1. The van der Waals surface area contributed by atoms with Crippen LogP contribution >= 0.6 is 0 Å². The summed E-state index contributed by atoms with van der Waals surface area (Å²) in [5, 5.41) is 14.6. The van der Waals surface area contributed by atoms with Gasteiger partial charge in [0.25, 0.3) is 0 Å². The number of phenols is 1. The summed E-state index contributed by atoms with van der Waals surface area (Å²) in [6.45, 7) is 0. The van der Waals surface area contributed by atoms with Crippen LogP contribution in [-0.2, 0) is 0 Å². The highest BCUT2D eigenvalue weighted by atomic mass is 16.3. The Morgan fingerprint density at radius 2 is 0.585 bits per heavy atom. The number of rotatable bonds is 8. The quantitative estimate of drug-likeness (QED) is 0.173. The lowest BCUT2D eigenvalue weighted by atomic mass is 10.0. The molecule has 0 atom stereocenters. The van der Waals surface area contributed by atoms with Crippen molar-refractivity contribution >= 4 is 55.7 Å². The predicted octanol–water partition coefficient (Wildman–Crippen LogP) is 14.0. The molecule has 53 heavy (non-hydrogen) atoms. The molecular weight excluding hydrogens is 645 g/mol. The van der Waals surface area contributed by atoms with Crippen LogP contribution in [0, 0.1) is 0 Å². The van der Waals surface area contributed by atoms with Gasteiger partial charge in [0.15, 0.2) is 0 Å². The van der Waals surface area contributed by atoms with Crippen LogP contribution in [0.2, 0.25) is 0 Å². The highest BCUT2D eigenvalue weighted by molar-refractivity contribution is 6.00. The molecule has 0 saturated heterocycles. The molecule has 0 spiro atoms. The summed E-state index contributed by atoms with van der Waals surface area (Å²) >= 11 is 0. The molecule has 0 aliphatic carbocycles. The first-order chi connectivity index (χ1) is 26.2. The fourth-order valence-electron chi connectivity index (χ4n) is 7.30. The van der Waals surface area contributed by atoms with Crippen molar-refractivity contribution in [2.75, 3.05) is 9.80 Å². The number of benzene rings is 9. The van der Waals surface area contributed by atoms with E-state index in [1.807, 2.05) is 12.1 Å². The fourth-order valence-corrected chi connectivity index (χ4v) is 7.30. The van der Waals surface area contributed by atoms with Crippen LogP contribution in [0.25, 0.3) is 43.8 Å². The molecule has 0 fully saturated rings. The van der Waals surface area contributed by atoms with E-state index >= 15 is 0 Å². The van der Waals surface area contributed by atoms with E-state index in [4.69, 9.17) is 0 Å². The minimum Gasteiger partial charge on any atom is -0.508 e. The van der Waals surface area contributed by atoms with E-state index in [-0.39, 0.29) is 5.75 Å². The van der Waals surface area contributed by atoms with Crippen LogP contribution in [0.15, 0.2) is 212 Å². The molecule has 0 aliphatic heterocycles. The van der Waals surface area contributed by atoms with E-state index in [0.717, 1.165) is 56.4 Å². The monoisotopic (exact) mass is 680 g/mol. The van der Waals surface area contributed by atoms with E-state index < -0.39 is 0 Å². The second-order valence-electron chi connectivity index (χ2n) is 13.2. The van der Waals surface area contributed by atoms with Gasteiger partial charge in [-0.2, -0.15) is 0 Å². The standard InChI is InChI=1S/C50H36N2O/c53-46-34-26-39(27-35-46)38-24-32-45(33-25-38)52(50-19-9-13-41-11-5-7-17-48(41)50)44-30-22-37(23-31-44)36-20-28-43(29-21-36)51(42-14-2-1-3-15-42)49-18-8-12-40-10-4-6-16-47(40)49/h1-35,53H. The Morgan fingerprint density at radius 3 is 1.00 bits per heavy atom. The summed E-state index contributed by atoms with van der Waals surface area (Å²) in [4.78, 5) is 4.67. The molecule has 0 aliphatic rings. The molecule has 0 amide bonds. The first kappa shape index (κ1) is 31.9. The smallest absolute Gasteiger partial charge is 0.115 e. The maximum atomic E-state index is 9.79. The SMILES string of the molecule is Oc1ccc(-c2ccc(N(c3ccc(-c4ccc(N(c5ccccc5)c5cccc6ccccc56)cc4)cc3)c3cccc4ccccc34)cc2)cc1. The number of phenolic OH excluding ortho intramolecular Hbond substituents is 1. The number of nitrogens with zero attached hydrogens (tertiary/aromatic N) is 2. The number of hydrogen-bond donors (Lipinski definition) is 1. The van der Waals surface area contributed by atoms with Crippen LogP contribution < -0.4 is 9.80 Å². The van der Waals surface area contributed by atoms with Crippen LogP contribution in [0.4, 0.5) is 34.1 Å². The minimum atomic E-state index is 0.266. The minimum absolute atomic E-state index is 0.266. The van der Waals surface area contributed by atoms with Crippen LogP contribution in [0.5, 0.6) is 5.75 Å². The zero-order valence-corrected chi connectivity index (χ0v) is 29.0. The van der Waals surface area contributed by atoms with Gasteiger partial charge in [-0.25, -0.2) is 0 Å². The van der Waals surface area contributed by atoms with Crippen molar-refractivity contribution in [2.45, 2.75) is 0 Å². The molecule has 0 heterocycles. The average molecular weight is 681 g/mol. The lowest BCUT2D eigenvalue weighted by Gasteiger charge is -2.27. The largest absolute Gasteiger partial charge is 0.508 e. The van der Waals surface area contributed by atoms with Gasteiger partial charge in [-0.1, -0.05) is 140 Å². The second kappa shape index (κ2) is 13.9. The van der Waals surface area contributed by atoms with Gasteiger partial charge in [0.2, 0.25) is 0 Å². The molecule has 0 aromatic heterocycles. The molecule has 252 valence electrons. The molecule has 9 rings (SSSR count). The van der Waals surface area contributed by atoms with E-state index in [0.29, 0.717) is 0 Å². The van der Waals surface area contributed by atoms with Gasteiger partial charge in [0, 0.05) is 33.5 Å². The Kier molecular flexibility index (Phi) is 8.35. The summed E-state index contributed by atoms with van der Waals surface area (Å²) < 4.78 is 0. The molecule has 9 aromatic carbocycles. The Bertz CT molecular complexity index is 2640. The highest BCUT2D eigenvalue weighted by Gasteiger charge is 2.17. The Morgan fingerprint density at radius 1 is 0.264 bits per heavy atom. The zero-order valence-electron chi connectivity index (χ0n) is 29.0. The maximum absolute atomic E-state index is 9.79. The van der Waals surface area contributed by atoms with Gasteiger partial charge in [-0.15, -0.1) is 0 Å². The van der Waals surface area contributed by atoms with Crippen molar-refractivity contribution in [3.63, 3.8) is 0 Å². The van der Waals surface area contributed by atoms with E-state index in [2.05, 4.69) is 198 Å². The van der Waals surface area contributed by atoms with Crippen molar-refractivity contribution in [3.8, 4) is 28.0 Å². The first-order valence-corrected chi connectivity index (χ1v) is 17.9. The number of anilines is 6. The lowest BCUT2D eigenvalue weighted by Crippen LogP contribution is -2.10. The number of fused-ring (bicyclic) bond motifs is 2. The third kappa shape index (κ3) is 6.26. The third-order valence-electron chi connectivity index (χ3n) is 9.94. The molecular formula is C50H36N2O. The van der Waals surface area contributed by atoms with Crippen molar-refractivity contribution < 1.29 is 5.11 Å². The Balaban J connectivity index is 1.07. The highest BCUT2D eigenvalue weighted by Crippen LogP contribution is 2.42. The fraction of sp³-hybridized carbons (Fsp3) is 0. The van der Waals surface area contributed by atoms with Gasteiger partial charge >= 0.3 is 0 Å². The van der Waals surface area contributed by atoms with Gasteiger partial charge in [0.05, 0.1) is 11.4 Å². The summed E-state index contributed by atoms with van der Waals surface area (Å²) in [6.07, 6.45) is 0. The molecule has 1 N–H and O–H groups in total. The first-order valence-electron chi connectivity index (χ1n) is 17.9. The van der Waals surface area contributed by atoms with Crippen molar-refractivity contribution in [1.82, 2.24) is 0 Å². The molecule has 0 bridgehead atoms. The Hall–Kier alpha value is -7.10.